The lowest BCUT2D eigenvalue weighted by molar-refractivity contribution is 0.0863. The van der Waals surface area contributed by atoms with Gasteiger partial charge in [0, 0.05) is 19.1 Å². The SMILES string of the molecule is C[C@@H]1OCC[C@@H]1CO. The minimum Gasteiger partial charge on any atom is -0.396 e. The van der Waals surface area contributed by atoms with Gasteiger partial charge in [-0.1, -0.05) is 0 Å². The van der Waals surface area contributed by atoms with E-state index in [9.17, 15) is 0 Å². The van der Waals surface area contributed by atoms with Crippen molar-refractivity contribution in [2.24, 2.45) is 5.92 Å². The van der Waals surface area contributed by atoms with Crippen molar-refractivity contribution in [2.45, 2.75) is 19.4 Å². The standard InChI is InChI=1S/C6H12O2/c1-5-6(4-7)2-3-8-5/h5-7H,2-4H2,1H3/t5-,6+/m0/s1. The highest BCUT2D eigenvalue weighted by atomic mass is 16.5. The van der Waals surface area contributed by atoms with E-state index in [-0.39, 0.29) is 12.7 Å². The van der Waals surface area contributed by atoms with Crippen LogP contribution in [0.5, 0.6) is 0 Å². The molecule has 2 atom stereocenters. The molecular formula is C6H12O2. The molecule has 1 aliphatic heterocycles. The Hall–Kier alpha value is -0.0800. The summed E-state index contributed by atoms with van der Waals surface area (Å²) in [7, 11) is 0. The number of rotatable bonds is 1. The van der Waals surface area contributed by atoms with Crippen molar-refractivity contribution >= 4 is 0 Å². The van der Waals surface area contributed by atoms with Gasteiger partial charge in [0.25, 0.3) is 0 Å². The van der Waals surface area contributed by atoms with E-state index < -0.39 is 0 Å². The predicted octanol–water partition coefficient (Wildman–Crippen LogP) is 0.404. The Bertz CT molecular complexity index is 72.9. The number of aliphatic hydroxyl groups is 1. The van der Waals surface area contributed by atoms with Crippen molar-refractivity contribution in [3.8, 4) is 0 Å². The second-order valence-electron chi connectivity index (χ2n) is 2.31. The molecule has 1 fully saturated rings. The van der Waals surface area contributed by atoms with Gasteiger partial charge in [0.05, 0.1) is 6.10 Å². The summed E-state index contributed by atoms with van der Waals surface area (Å²) < 4.78 is 5.20. The molecule has 2 nitrogen and oxygen atoms in total. The monoisotopic (exact) mass is 116 g/mol. The molecule has 2 heteroatoms. The summed E-state index contributed by atoms with van der Waals surface area (Å²) in [5, 5.41) is 8.66. The largest absolute Gasteiger partial charge is 0.396 e. The van der Waals surface area contributed by atoms with Gasteiger partial charge < -0.3 is 9.84 Å². The maximum absolute atomic E-state index is 8.66. The zero-order valence-corrected chi connectivity index (χ0v) is 5.13. The van der Waals surface area contributed by atoms with Gasteiger partial charge in [-0.05, 0) is 13.3 Å². The summed E-state index contributed by atoms with van der Waals surface area (Å²) in [6, 6.07) is 0. The topological polar surface area (TPSA) is 29.5 Å². The van der Waals surface area contributed by atoms with Gasteiger partial charge in [0.15, 0.2) is 0 Å². The van der Waals surface area contributed by atoms with Crippen LogP contribution in [0.15, 0.2) is 0 Å². The van der Waals surface area contributed by atoms with Gasteiger partial charge in [-0.3, -0.25) is 0 Å². The Balaban J connectivity index is 2.30. The Morgan fingerprint density at radius 2 is 2.50 bits per heavy atom. The Morgan fingerprint density at radius 3 is 2.75 bits per heavy atom. The fourth-order valence-corrected chi connectivity index (χ4v) is 1.02. The van der Waals surface area contributed by atoms with Crippen molar-refractivity contribution in [1.29, 1.82) is 0 Å². The highest BCUT2D eigenvalue weighted by Crippen LogP contribution is 2.18. The average Bonchev–Trinajstić information content (AvgIpc) is 2.14. The Kier molecular flexibility index (Phi) is 1.86. The zero-order chi connectivity index (χ0) is 5.98. The molecule has 0 aromatic rings. The maximum Gasteiger partial charge on any atom is 0.0597 e. The van der Waals surface area contributed by atoms with E-state index >= 15 is 0 Å². The third-order valence-corrected chi connectivity index (χ3v) is 1.77. The molecule has 0 bridgehead atoms. The van der Waals surface area contributed by atoms with E-state index in [0.29, 0.717) is 5.92 Å². The van der Waals surface area contributed by atoms with Gasteiger partial charge in [-0.2, -0.15) is 0 Å². The molecule has 8 heavy (non-hydrogen) atoms. The average molecular weight is 116 g/mol. The van der Waals surface area contributed by atoms with E-state index in [0.717, 1.165) is 13.0 Å². The smallest absolute Gasteiger partial charge is 0.0597 e. The number of hydrogen-bond acceptors (Lipinski definition) is 2. The van der Waals surface area contributed by atoms with Gasteiger partial charge in [0.1, 0.15) is 0 Å². The van der Waals surface area contributed by atoms with Crippen molar-refractivity contribution in [3.63, 3.8) is 0 Å². The minimum atomic E-state index is 0.278. The fraction of sp³-hybridized carbons (Fsp3) is 1.00. The molecule has 0 spiro atoms. The van der Waals surface area contributed by atoms with Crippen LogP contribution in [-0.2, 0) is 4.74 Å². The molecule has 1 N–H and O–H groups in total. The summed E-state index contributed by atoms with van der Waals surface area (Å²) in [5.41, 5.74) is 0. The summed E-state index contributed by atoms with van der Waals surface area (Å²) in [4.78, 5) is 0. The van der Waals surface area contributed by atoms with E-state index in [1.165, 1.54) is 0 Å². The van der Waals surface area contributed by atoms with Crippen LogP contribution < -0.4 is 0 Å². The summed E-state index contributed by atoms with van der Waals surface area (Å²) in [6.45, 7) is 3.11. The summed E-state index contributed by atoms with van der Waals surface area (Å²) in [6.07, 6.45) is 1.30. The molecule has 0 amide bonds. The van der Waals surface area contributed by atoms with Crippen LogP contribution in [0.1, 0.15) is 13.3 Å². The predicted molar refractivity (Wildman–Crippen MR) is 30.6 cm³/mol. The lowest BCUT2D eigenvalue weighted by Crippen LogP contribution is -2.14. The first kappa shape index (κ1) is 6.05. The molecule has 1 saturated heterocycles. The quantitative estimate of drug-likeness (QED) is 0.537. The van der Waals surface area contributed by atoms with Gasteiger partial charge >= 0.3 is 0 Å². The molecule has 0 aromatic heterocycles. The lowest BCUT2D eigenvalue weighted by atomic mass is 10.1. The van der Waals surface area contributed by atoms with Crippen LogP contribution in [0.3, 0.4) is 0 Å². The van der Waals surface area contributed by atoms with E-state index in [2.05, 4.69) is 0 Å². The van der Waals surface area contributed by atoms with E-state index in [1.807, 2.05) is 6.92 Å². The van der Waals surface area contributed by atoms with Gasteiger partial charge in [-0.25, -0.2) is 0 Å². The van der Waals surface area contributed by atoms with Crippen LogP contribution in [0, 0.1) is 5.92 Å². The minimum absolute atomic E-state index is 0.278. The first-order valence-corrected chi connectivity index (χ1v) is 3.07. The van der Waals surface area contributed by atoms with E-state index in [1.54, 1.807) is 0 Å². The molecule has 0 unspecified atom stereocenters. The van der Waals surface area contributed by atoms with Crippen molar-refractivity contribution < 1.29 is 9.84 Å². The molecule has 48 valence electrons. The molecule has 0 aromatic carbocycles. The first-order chi connectivity index (χ1) is 3.84. The third-order valence-electron chi connectivity index (χ3n) is 1.77. The van der Waals surface area contributed by atoms with Crippen molar-refractivity contribution in [2.75, 3.05) is 13.2 Å². The molecule has 0 aliphatic carbocycles. The van der Waals surface area contributed by atoms with E-state index in [4.69, 9.17) is 9.84 Å². The maximum atomic E-state index is 8.66. The Morgan fingerprint density at radius 1 is 1.75 bits per heavy atom. The molecule has 0 saturated carbocycles. The van der Waals surface area contributed by atoms with Gasteiger partial charge in [0.2, 0.25) is 0 Å². The van der Waals surface area contributed by atoms with Crippen LogP contribution in [0.25, 0.3) is 0 Å². The van der Waals surface area contributed by atoms with Crippen LogP contribution in [0.4, 0.5) is 0 Å². The fourth-order valence-electron chi connectivity index (χ4n) is 1.02. The third kappa shape index (κ3) is 1.01. The molecule has 1 heterocycles. The highest BCUT2D eigenvalue weighted by molar-refractivity contribution is 4.70. The summed E-state index contributed by atoms with van der Waals surface area (Å²) in [5.74, 6) is 0.398. The van der Waals surface area contributed by atoms with Crippen LogP contribution >= 0.6 is 0 Å². The van der Waals surface area contributed by atoms with Crippen molar-refractivity contribution in [1.82, 2.24) is 0 Å². The van der Waals surface area contributed by atoms with Crippen molar-refractivity contribution in [3.05, 3.63) is 0 Å². The number of aliphatic hydroxyl groups excluding tert-OH is 1. The summed E-state index contributed by atoms with van der Waals surface area (Å²) >= 11 is 0. The molecular weight excluding hydrogens is 104 g/mol. The molecule has 1 rings (SSSR count). The highest BCUT2D eigenvalue weighted by Gasteiger charge is 2.22. The first-order valence-electron chi connectivity index (χ1n) is 3.07. The molecule has 1 aliphatic rings. The van der Waals surface area contributed by atoms with Crippen LogP contribution in [0.2, 0.25) is 0 Å². The lowest BCUT2D eigenvalue weighted by Gasteiger charge is -2.08. The Labute approximate surface area is 49.5 Å². The zero-order valence-electron chi connectivity index (χ0n) is 5.13. The van der Waals surface area contributed by atoms with Gasteiger partial charge in [-0.15, -0.1) is 0 Å². The van der Waals surface area contributed by atoms with Crippen LogP contribution in [-0.4, -0.2) is 24.4 Å². The normalized spacial score (nSPS) is 38.2. The number of ether oxygens (including phenoxy) is 1. The second-order valence-corrected chi connectivity index (χ2v) is 2.31. The second kappa shape index (κ2) is 2.46. The number of hydrogen-bond donors (Lipinski definition) is 1. The molecule has 0 radical (unpaired) electrons.